The summed E-state index contributed by atoms with van der Waals surface area (Å²) in [6, 6.07) is 4.01. The van der Waals surface area contributed by atoms with E-state index >= 15 is 0 Å². The highest BCUT2D eigenvalue weighted by Crippen LogP contribution is 2.23. The number of imidazole rings is 1. The Kier molecular flexibility index (Phi) is 4.16. The second kappa shape index (κ2) is 6.08. The summed E-state index contributed by atoms with van der Waals surface area (Å²) < 4.78 is 1.82. The van der Waals surface area contributed by atoms with Crippen molar-refractivity contribution in [1.29, 1.82) is 0 Å². The van der Waals surface area contributed by atoms with Crippen LogP contribution in [0.15, 0.2) is 24.5 Å². The van der Waals surface area contributed by atoms with Gasteiger partial charge >= 0.3 is 5.97 Å². The van der Waals surface area contributed by atoms with Crippen molar-refractivity contribution in [1.82, 2.24) is 14.3 Å². The fourth-order valence-electron chi connectivity index (χ4n) is 3.24. The van der Waals surface area contributed by atoms with Crippen LogP contribution < -0.4 is 0 Å². The van der Waals surface area contributed by atoms with Gasteiger partial charge in [-0.1, -0.05) is 0 Å². The Morgan fingerprint density at radius 2 is 2.05 bits per heavy atom. The Bertz CT molecular complexity index is 670. The third kappa shape index (κ3) is 3.14. The molecule has 118 valence electrons. The zero-order chi connectivity index (χ0) is 15.7. The fraction of sp³-hybridized carbons (Fsp3) is 0.529. The molecule has 0 aliphatic carbocycles. The zero-order valence-electron chi connectivity index (χ0n) is 13.2. The van der Waals surface area contributed by atoms with Gasteiger partial charge < -0.3 is 14.4 Å². The van der Waals surface area contributed by atoms with E-state index in [1.54, 1.807) is 18.3 Å². The summed E-state index contributed by atoms with van der Waals surface area (Å²) >= 11 is 0. The van der Waals surface area contributed by atoms with Gasteiger partial charge in [-0.05, 0) is 64.3 Å². The van der Waals surface area contributed by atoms with Crippen LogP contribution in [0.1, 0.15) is 42.7 Å². The van der Waals surface area contributed by atoms with Gasteiger partial charge in [-0.3, -0.25) is 0 Å². The van der Waals surface area contributed by atoms with E-state index in [1.807, 2.05) is 10.6 Å². The molecule has 5 heteroatoms. The summed E-state index contributed by atoms with van der Waals surface area (Å²) in [5.74, 6) is -0.225. The second-order valence-corrected chi connectivity index (χ2v) is 6.50. The number of pyridine rings is 1. The third-order valence-electron chi connectivity index (χ3n) is 4.63. The summed E-state index contributed by atoms with van der Waals surface area (Å²) in [5, 5.41) is 9.04. The van der Waals surface area contributed by atoms with Crippen LogP contribution in [0.5, 0.6) is 0 Å². The predicted octanol–water partition coefficient (Wildman–Crippen LogP) is 2.70. The van der Waals surface area contributed by atoms with Crippen molar-refractivity contribution >= 4 is 11.6 Å². The second-order valence-electron chi connectivity index (χ2n) is 6.50. The highest BCUT2D eigenvalue weighted by molar-refractivity contribution is 5.87. The molecule has 0 unspecified atom stereocenters. The molecule has 1 fully saturated rings. The number of aromatic carboxylic acids is 1. The highest BCUT2D eigenvalue weighted by atomic mass is 16.4. The number of carbonyl (C=O) groups is 1. The summed E-state index contributed by atoms with van der Waals surface area (Å²) in [7, 11) is 0. The average Bonchev–Trinajstić information content (AvgIpc) is 2.88. The number of aromatic nitrogens is 2. The number of carboxylic acid groups (broad SMARTS) is 1. The molecule has 1 aliphatic heterocycles. The van der Waals surface area contributed by atoms with E-state index < -0.39 is 5.97 Å². The van der Waals surface area contributed by atoms with E-state index in [-0.39, 0.29) is 0 Å². The Morgan fingerprint density at radius 3 is 2.68 bits per heavy atom. The molecule has 1 N–H and O–H groups in total. The van der Waals surface area contributed by atoms with E-state index in [9.17, 15) is 4.79 Å². The van der Waals surface area contributed by atoms with Gasteiger partial charge in [-0.15, -0.1) is 0 Å². The van der Waals surface area contributed by atoms with Gasteiger partial charge in [0.25, 0.3) is 0 Å². The maximum atomic E-state index is 11.0. The molecular formula is C17H23N3O2. The molecular weight excluding hydrogens is 278 g/mol. The summed E-state index contributed by atoms with van der Waals surface area (Å²) in [6.45, 7) is 6.84. The Morgan fingerprint density at radius 1 is 1.32 bits per heavy atom. The van der Waals surface area contributed by atoms with Crippen molar-refractivity contribution in [3.05, 3.63) is 35.8 Å². The topological polar surface area (TPSA) is 57.8 Å². The lowest BCUT2D eigenvalue weighted by atomic mass is 9.92. The minimum Gasteiger partial charge on any atom is -0.478 e. The normalized spacial score (nSPS) is 17.4. The van der Waals surface area contributed by atoms with Crippen molar-refractivity contribution < 1.29 is 9.90 Å². The number of nitrogens with zero attached hydrogens (tertiary/aromatic N) is 3. The minimum atomic E-state index is -0.904. The predicted molar refractivity (Wildman–Crippen MR) is 85.3 cm³/mol. The Hall–Kier alpha value is -1.88. The van der Waals surface area contributed by atoms with Crippen molar-refractivity contribution in [2.45, 2.75) is 39.2 Å². The van der Waals surface area contributed by atoms with Gasteiger partial charge in [0.05, 0.1) is 11.3 Å². The van der Waals surface area contributed by atoms with Gasteiger partial charge in [-0.2, -0.15) is 0 Å². The average molecular weight is 301 g/mol. The smallest absolute Gasteiger partial charge is 0.337 e. The van der Waals surface area contributed by atoms with Crippen LogP contribution >= 0.6 is 0 Å². The maximum Gasteiger partial charge on any atom is 0.337 e. The number of likely N-dealkylation sites (tertiary alicyclic amines) is 1. The lowest BCUT2D eigenvalue weighted by Crippen LogP contribution is -2.38. The van der Waals surface area contributed by atoms with Gasteiger partial charge in [-0.25, -0.2) is 9.78 Å². The summed E-state index contributed by atoms with van der Waals surface area (Å²) in [6.07, 6.45) is 7.01. The summed E-state index contributed by atoms with van der Waals surface area (Å²) in [5.41, 5.74) is 2.17. The third-order valence-corrected chi connectivity index (χ3v) is 4.63. The van der Waals surface area contributed by atoms with Crippen molar-refractivity contribution in [2.75, 3.05) is 13.1 Å². The van der Waals surface area contributed by atoms with Gasteiger partial charge in [0.1, 0.15) is 5.65 Å². The van der Waals surface area contributed by atoms with E-state index in [4.69, 9.17) is 5.11 Å². The number of carboxylic acids is 1. The first-order valence-electron chi connectivity index (χ1n) is 7.98. The quantitative estimate of drug-likeness (QED) is 0.943. The summed E-state index contributed by atoms with van der Waals surface area (Å²) in [4.78, 5) is 18.2. The standard InChI is InChI=1S/C17H23N3O2/c1-12(2)19-7-5-13(6-8-19)9-15-11-20-10-14(17(21)22)3-4-16(20)18-15/h3-4,10-13H,5-9H2,1-2H3,(H,21,22). The number of rotatable bonds is 4. The fourth-order valence-corrected chi connectivity index (χ4v) is 3.24. The van der Waals surface area contributed by atoms with Gasteiger partial charge in [0, 0.05) is 18.4 Å². The monoisotopic (exact) mass is 301 g/mol. The Labute approximate surface area is 130 Å². The molecule has 5 nitrogen and oxygen atoms in total. The van der Waals surface area contributed by atoms with Gasteiger partial charge in [0.15, 0.2) is 0 Å². The molecule has 0 saturated carbocycles. The van der Waals surface area contributed by atoms with Crippen LogP contribution in [-0.4, -0.2) is 44.5 Å². The lowest BCUT2D eigenvalue weighted by molar-refractivity contribution is 0.0696. The van der Waals surface area contributed by atoms with Crippen molar-refractivity contribution in [3.8, 4) is 0 Å². The molecule has 2 aromatic heterocycles. The molecule has 0 atom stereocenters. The van der Waals surface area contributed by atoms with Crippen LogP contribution in [0.4, 0.5) is 0 Å². The number of piperidine rings is 1. The van der Waals surface area contributed by atoms with E-state index in [1.165, 1.54) is 25.9 Å². The van der Waals surface area contributed by atoms with Crippen molar-refractivity contribution in [3.63, 3.8) is 0 Å². The molecule has 0 bridgehead atoms. The van der Waals surface area contributed by atoms with Crippen LogP contribution in [0.2, 0.25) is 0 Å². The lowest BCUT2D eigenvalue weighted by Gasteiger charge is -2.34. The molecule has 0 amide bonds. The zero-order valence-corrected chi connectivity index (χ0v) is 13.2. The van der Waals surface area contributed by atoms with E-state index in [2.05, 4.69) is 23.7 Å². The van der Waals surface area contributed by atoms with Crippen LogP contribution in [0, 0.1) is 5.92 Å². The van der Waals surface area contributed by atoms with E-state index in [0.29, 0.717) is 17.5 Å². The molecule has 22 heavy (non-hydrogen) atoms. The van der Waals surface area contributed by atoms with Crippen LogP contribution in [0.25, 0.3) is 5.65 Å². The molecule has 0 aromatic carbocycles. The molecule has 3 heterocycles. The van der Waals surface area contributed by atoms with Gasteiger partial charge in [0.2, 0.25) is 0 Å². The molecule has 1 saturated heterocycles. The number of hydrogen-bond donors (Lipinski definition) is 1. The van der Waals surface area contributed by atoms with Crippen LogP contribution in [0.3, 0.4) is 0 Å². The van der Waals surface area contributed by atoms with Crippen molar-refractivity contribution in [2.24, 2.45) is 5.92 Å². The first-order valence-corrected chi connectivity index (χ1v) is 7.98. The maximum absolute atomic E-state index is 11.0. The first-order chi connectivity index (χ1) is 10.5. The largest absolute Gasteiger partial charge is 0.478 e. The first kappa shape index (κ1) is 15.0. The van der Waals surface area contributed by atoms with Crippen LogP contribution in [-0.2, 0) is 6.42 Å². The molecule has 2 aromatic rings. The minimum absolute atomic E-state index is 0.293. The molecule has 1 aliphatic rings. The number of hydrogen-bond acceptors (Lipinski definition) is 3. The molecule has 3 rings (SSSR count). The Balaban J connectivity index is 1.68. The van der Waals surface area contributed by atoms with E-state index in [0.717, 1.165) is 17.8 Å². The SMILES string of the molecule is CC(C)N1CCC(Cc2cn3cc(C(=O)O)ccc3n2)CC1. The molecule has 0 radical (unpaired) electrons. The number of fused-ring (bicyclic) bond motifs is 1. The molecule has 0 spiro atoms. The highest BCUT2D eigenvalue weighted by Gasteiger charge is 2.21.